The van der Waals surface area contributed by atoms with E-state index in [1.807, 2.05) is 47.9 Å². The monoisotopic (exact) mass is 620 g/mol. The van der Waals surface area contributed by atoms with Crippen molar-refractivity contribution in [3.63, 3.8) is 0 Å². The lowest BCUT2D eigenvalue weighted by Crippen LogP contribution is -2.38. The van der Waals surface area contributed by atoms with E-state index in [9.17, 15) is 4.79 Å². The minimum atomic E-state index is -0.173. The fraction of sp³-hybridized carbons (Fsp3) is 0.172. The van der Waals surface area contributed by atoms with Crippen LogP contribution in [0.2, 0.25) is 0 Å². The molecule has 1 atom stereocenters. The number of halogens is 2. The number of fused-ring (bicyclic) bond motifs is 3. The van der Waals surface area contributed by atoms with Crippen molar-refractivity contribution in [3.8, 4) is 5.75 Å². The van der Waals surface area contributed by atoms with Crippen LogP contribution in [-0.4, -0.2) is 11.2 Å². The van der Waals surface area contributed by atoms with Gasteiger partial charge in [0.2, 0.25) is 0 Å². The average molecular weight is 622 g/mol. The molecule has 0 saturated carbocycles. The highest BCUT2D eigenvalue weighted by molar-refractivity contribution is 9.11. The first kappa shape index (κ1) is 23.6. The molecule has 0 amide bonds. The zero-order valence-electron chi connectivity index (χ0n) is 19.5. The molecule has 1 aliphatic heterocycles. The zero-order chi connectivity index (χ0) is 24.8. The van der Waals surface area contributed by atoms with E-state index in [1.165, 1.54) is 28.0 Å². The predicted molar refractivity (Wildman–Crippen MR) is 152 cm³/mol. The fourth-order valence-corrected chi connectivity index (χ4v) is 7.45. The summed E-state index contributed by atoms with van der Waals surface area (Å²) >= 11 is 8.61. The molecule has 36 heavy (non-hydrogen) atoms. The smallest absolute Gasteiger partial charge is 0.271 e. The molecule has 0 fully saturated rings. The van der Waals surface area contributed by atoms with Crippen LogP contribution in [0.4, 0.5) is 0 Å². The molecule has 0 N–H and O–H groups in total. The number of thiazole rings is 1. The summed E-state index contributed by atoms with van der Waals surface area (Å²) in [6.07, 6.45) is 3.75. The quantitative estimate of drug-likeness (QED) is 0.271. The zero-order valence-corrected chi connectivity index (χ0v) is 23.5. The van der Waals surface area contributed by atoms with Crippen LogP contribution >= 0.6 is 43.2 Å². The second kappa shape index (κ2) is 9.61. The number of ether oxygens (including phenoxy) is 1. The van der Waals surface area contributed by atoms with E-state index >= 15 is 0 Å². The topological polar surface area (TPSA) is 43.6 Å². The summed E-state index contributed by atoms with van der Waals surface area (Å²) in [5.74, 6) is 0.722. The number of rotatable bonds is 4. The third kappa shape index (κ3) is 4.03. The van der Waals surface area contributed by atoms with Gasteiger partial charge in [-0.1, -0.05) is 81.9 Å². The van der Waals surface area contributed by atoms with Gasteiger partial charge in [0, 0.05) is 15.6 Å². The van der Waals surface area contributed by atoms with E-state index < -0.39 is 0 Å². The summed E-state index contributed by atoms with van der Waals surface area (Å²) in [4.78, 5) is 19.8. The van der Waals surface area contributed by atoms with Gasteiger partial charge in [-0.3, -0.25) is 9.36 Å². The van der Waals surface area contributed by atoms with Crippen molar-refractivity contribution in [1.82, 2.24) is 4.57 Å². The van der Waals surface area contributed by atoms with Crippen LogP contribution in [-0.2, 0) is 6.42 Å². The van der Waals surface area contributed by atoms with Crippen LogP contribution in [0, 0.1) is 0 Å². The third-order valence-corrected chi connectivity index (χ3v) is 8.63. The molecule has 0 spiro atoms. The number of aromatic nitrogens is 1. The standard InChI is InChI=1S/C29H22Br2N2O2S/c1-2-35-27-19(14-20(30)16-23(27)31)15-24-28(34)33-26(18-9-4-3-5-10-18)22-13-12-17-8-6-7-11-21(17)25(22)32-29(33)36-24/h3-11,14-16,26H,2,12-13H2,1H3. The highest BCUT2D eigenvalue weighted by Gasteiger charge is 2.32. The normalized spacial score (nSPS) is 16.8. The molecule has 180 valence electrons. The minimum Gasteiger partial charge on any atom is -0.492 e. The van der Waals surface area contributed by atoms with Crippen molar-refractivity contribution in [2.45, 2.75) is 25.8 Å². The molecule has 2 heterocycles. The lowest BCUT2D eigenvalue weighted by molar-refractivity contribution is 0.337. The first-order valence-electron chi connectivity index (χ1n) is 11.8. The maximum absolute atomic E-state index is 14.0. The average Bonchev–Trinajstić information content (AvgIpc) is 3.19. The molecule has 4 nitrogen and oxygen atoms in total. The van der Waals surface area contributed by atoms with Crippen molar-refractivity contribution < 1.29 is 4.74 Å². The Hall–Kier alpha value is -2.74. The van der Waals surface area contributed by atoms with E-state index in [0.29, 0.717) is 11.1 Å². The molecule has 1 aliphatic carbocycles. The molecule has 1 unspecified atom stereocenters. The van der Waals surface area contributed by atoms with Crippen LogP contribution in [0.1, 0.15) is 41.6 Å². The largest absolute Gasteiger partial charge is 0.492 e. The van der Waals surface area contributed by atoms with Gasteiger partial charge in [-0.25, -0.2) is 4.99 Å². The highest BCUT2D eigenvalue weighted by atomic mass is 79.9. The Morgan fingerprint density at radius 3 is 2.67 bits per heavy atom. The van der Waals surface area contributed by atoms with Crippen LogP contribution in [0.5, 0.6) is 5.75 Å². The van der Waals surface area contributed by atoms with E-state index in [-0.39, 0.29) is 11.6 Å². The third-order valence-electron chi connectivity index (χ3n) is 6.60. The lowest BCUT2D eigenvalue weighted by Gasteiger charge is -2.30. The molecule has 7 heteroatoms. The Bertz CT molecular complexity index is 1700. The van der Waals surface area contributed by atoms with Gasteiger partial charge in [-0.15, -0.1) is 0 Å². The molecular formula is C29H22Br2N2O2S. The van der Waals surface area contributed by atoms with Gasteiger partial charge >= 0.3 is 0 Å². The van der Waals surface area contributed by atoms with E-state index in [4.69, 9.17) is 9.73 Å². The molecule has 0 saturated heterocycles. The molecule has 2 aliphatic rings. The second-order valence-corrected chi connectivity index (χ2v) is 11.5. The van der Waals surface area contributed by atoms with Gasteiger partial charge in [-0.2, -0.15) is 0 Å². The summed E-state index contributed by atoms with van der Waals surface area (Å²) in [5.41, 5.74) is 6.62. The summed E-state index contributed by atoms with van der Waals surface area (Å²) in [5, 5.41) is 0. The molecule has 1 aromatic heterocycles. The Kier molecular flexibility index (Phi) is 6.32. The van der Waals surface area contributed by atoms with E-state index in [0.717, 1.165) is 49.2 Å². The minimum absolute atomic E-state index is 0.0310. The predicted octanol–water partition coefficient (Wildman–Crippen LogP) is 6.24. The molecule has 4 aromatic rings. The number of hydrogen-bond donors (Lipinski definition) is 0. The SMILES string of the molecule is CCOc1c(Br)cc(Br)cc1C=c1sc2n(c1=O)C(c1ccccc1)C1=C(N=2)c2ccccc2CC1. The van der Waals surface area contributed by atoms with E-state index in [2.05, 4.69) is 68.3 Å². The Morgan fingerprint density at radius 1 is 1.08 bits per heavy atom. The number of benzene rings is 3. The summed E-state index contributed by atoms with van der Waals surface area (Å²) in [7, 11) is 0. The van der Waals surface area contributed by atoms with Crippen LogP contribution in [0.25, 0.3) is 11.8 Å². The summed E-state index contributed by atoms with van der Waals surface area (Å²) in [6.45, 7) is 2.48. The van der Waals surface area contributed by atoms with Crippen molar-refractivity contribution >= 4 is 55.0 Å². The van der Waals surface area contributed by atoms with Gasteiger partial charge < -0.3 is 4.74 Å². The Labute approximate surface area is 229 Å². The van der Waals surface area contributed by atoms with Crippen LogP contribution in [0.15, 0.2) is 91.0 Å². The molecule has 0 bridgehead atoms. The van der Waals surface area contributed by atoms with Crippen molar-refractivity contribution in [3.05, 3.63) is 123 Å². The van der Waals surface area contributed by atoms with Gasteiger partial charge in [0.15, 0.2) is 4.80 Å². The summed E-state index contributed by atoms with van der Waals surface area (Å²) in [6, 6.07) is 22.5. The van der Waals surface area contributed by atoms with Gasteiger partial charge in [-0.05, 0) is 70.6 Å². The first-order chi connectivity index (χ1) is 17.5. The fourth-order valence-electron chi connectivity index (χ4n) is 5.08. The first-order valence-corrected chi connectivity index (χ1v) is 14.2. The molecule has 6 rings (SSSR count). The molecule has 3 aromatic carbocycles. The summed E-state index contributed by atoms with van der Waals surface area (Å²) < 4.78 is 10.2. The lowest BCUT2D eigenvalue weighted by atomic mass is 9.83. The van der Waals surface area contributed by atoms with Crippen LogP contribution in [0.3, 0.4) is 0 Å². The number of allylic oxidation sites excluding steroid dienone is 1. The molecular weight excluding hydrogens is 600 g/mol. The van der Waals surface area contributed by atoms with Gasteiger partial charge in [0.25, 0.3) is 5.56 Å². The highest BCUT2D eigenvalue weighted by Crippen LogP contribution is 2.41. The van der Waals surface area contributed by atoms with Crippen LogP contribution < -0.4 is 19.6 Å². The Balaban J connectivity index is 1.62. The van der Waals surface area contributed by atoms with E-state index in [1.54, 1.807) is 0 Å². The van der Waals surface area contributed by atoms with Crippen molar-refractivity contribution in [1.29, 1.82) is 0 Å². The van der Waals surface area contributed by atoms with Gasteiger partial charge in [0.1, 0.15) is 5.75 Å². The number of aryl methyl sites for hydroxylation is 1. The number of nitrogens with zero attached hydrogens (tertiary/aromatic N) is 2. The van der Waals surface area contributed by atoms with Crippen molar-refractivity contribution in [2.75, 3.05) is 6.61 Å². The maximum Gasteiger partial charge on any atom is 0.271 e. The maximum atomic E-state index is 14.0. The second-order valence-electron chi connectivity index (χ2n) is 8.76. The molecule has 0 radical (unpaired) electrons. The van der Waals surface area contributed by atoms with Gasteiger partial charge in [0.05, 0.1) is 27.4 Å². The Morgan fingerprint density at radius 2 is 1.86 bits per heavy atom. The van der Waals surface area contributed by atoms with Crippen molar-refractivity contribution in [2.24, 2.45) is 4.99 Å². The number of hydrogen-bond acceptors (Lipinski definition) is 4.